The number of halogens is 3. The van der Waals surface area contributed by atoms with Crippen LogP contribution in [0.25, 0.3) is 5.65 Å². The number of alkyl halides is 3. The van der Waals surface area contributed by atoms with Crippen LogP contribution in [-0.4, -0.2) is 71.3 Å². The van der Waals surface area contributed by atoms with Crippen LogP contribution in [0, 0.1) is 30.6 Å². The molecule has 1 aliphatic rings. The first-order chi connectivity index (χ1) is 20.8. The van der Waals surface area contributed by atoms with E-state index < -0.39 is 17.6 Å². The van der Waals surface area contributed by atoms with Gasteiger partial charge in [-0.2, -0.15) is 18.3 Å². The largest absolute Gasteiger partial charge is 0.417 e. The summed E-state index contributed by atoms with van der Waals surface area (Å²) in [5.41, 5.74) is 1.86. The Balaban J connectivity index is 1.25. The zero-order valence-electron chi connectivity index (χ0n) is 23.5. The SMILES string of the molecule is Cc1ccc(C(=O)Nc2ccc(C#CCNCCN3CCOCC3)c(C(F)(F)F)c2)cc1C#Cc1cnc2cccnn12. The Bertz CT molecular complexity index is 1740. The van der Waals surface area contributed by atoms with Crippen molar-refractivity contribution < 1.29 is 22.7 Å². The normalized spacial score (nSPS) is 13.6. The first-order valence-corrected chi connectivity index (χ1v) is 13.7. The number of imidazole rings is 1. The van der Waals surface area contributed by atoms with E-state index in [0.717, 1.165) is 31.3 Å². The van der Waals surface area contributed by atoms with Crippen LogP contribution in [0.2, 0.25) is 0 Å². The molecule has 2 aromatic heterocycles. The van der Waals surface area contributed by atoms with Gasteiger partial charge in [-0.3, -0.25) is 9.69 Å². The van der Waals surface area contributed by atoms with E-state index in [9.17, 15) is 18.0 Å². The fourth-order valence-electron chi connectivity index (χ4n) is 4.46. The van der Waals surface area contributed by atoms with E-state index in [1.54, 1.807) is 41.2 Å². The zero-order valence-corrected chi connectivity index (χ0v) is 23.5. The van der Waals surface area contributed by atoms with Crippen molar-refractivity contribution in [2.24, 2.45) is 0 Å². The molecule has 1 fully saturated rings. The van der Waals surface area contributed by atoms with Crippen molar-refractivity contribution in [3.63, 3.8) is 0 Å². The van der Waals surface area contributed by atoms with Gasteiger partial charge < -0.3 is 15.4 Å². The van der Waals surface area contributed by atoms with Crippen LogP contribution < -0.4 is 10.6 Å². The van der Waals surface area contributed by atoms with Gasteiger partial charge in [-0.1, -0.05) is 23.8 Å². The molecule has 3 heterocycles. The van der Waals surface area contributed by atoms with E-state index in [2.05, 4.69) is 49.3 Å². The average molecular weight is 587 g/mol. The summed E-state index contributed by atoms with van der Waals surface area (Å²) >= 11 is 0. The number of hydrogen-bond acceptors (Lipinski definition) is 6. The summed E-state index contributed by atoms with van der Waals surface area (Å²) in [6.45, 7) is 6.76. The molecular weight excluding hydrogens is 557 g/mol. The second-order valence-corrected chi connectivity index (χ2v) is 9.86. The second-order valence-electron chi connectivity index (χ2n) is 9.86. The molecule has 0 atom stereocenters. The number of fused-ring (bicyclic) bond motifs is 1. The highest BCUT2D eigenvalue weighted by molar-refractivity contribution is 6.04. The van der Waals surface area contributed by atoms with Crippen LogP contribution in [0.3, 0.4) is 0 Å². The Morgan fingerprint density at radius 1 is 1.05 bits per heavy atom. The standard InChI is InChI=1S/C32H29F3N6O2/c1-23-6-7-26(20-25(23)9-11-28-22-37-30-5-3-13-38-41(28)30)31(42)39-27-10-8-24(29(21-27)32(33,34)35)4-2-12-36-14-15-40-16-18-43-19-17-40/h3,5-8,10,13,20-22,36H,12,14-19H2,1H3,(H,39,42). The van der Waals surface area contributed by atoms with Crippen molar-refractivity contribution in [3.8, 4) is 23.7 Å². The number of carbonyl (C=O) groups excluding carboxylic acids is 1. The molecule has 4 aromatic rings. The van der Waals surface area contributed by atoms with Gasteiger partial charge in [0, 0.05) is 54.8 Å². The Hall–Kier alpha value is -4.68. The molecule has 8 nitrogen and oxygen atoms in total. The van der Waals surface area contributed by atoms with Gasteiger partial charge >= 0.3 is 6.18 Å². The van der Waals surface area contributed by atoms with Crippen LogP contribution in [0.4, 0.5) is 18.9 Å². The molecule has 11 heteroatoms. The minimum atomic E-state index is -4.65. The number of nitrogens with one attached hydrogen (secondary N) is 2. The van der Waals surface area contributed by atoms with Gasteiger partial charge in [0.15, 0.2) is 5.65 Å². The van der Waals surface area contributed by atoms with E-state index in [4.69, 9.17) is 4.74 Å². The number of aromatic nitrogens is 3. The minimum Gasteiger partial charge on any atom is -0.379 e. The third-order valence-corrected chi connectivity index (χ3v) is 6.83. The van der Waals surface area contributed by atoms with Gasteiger partial charge in [0.1, 0.15) is 5.69 Å². The van der Waals surface area contributed by atoms with Crippen molar-refractivity contribution in [2.75, 3.05) is 51.3 Å². The summed E-state index contributed by atoms with van der Waals surface area (Å²) in [6, 6.07) is 12.1. The van der Waals surface area contributed by atoms with Gasteiger partial charge in [0.2, 0.25) is 0 Å². The molecule has 0 bridgehead atoms. The van der Waals surface area contributed by atoms with Gasteiger partial charge in [0.05, 0.1) is 31.5 Å². The lowest BCUT2D eigenvalue weighted by atomic mass is 10.0. The van der Waals surface area contributed by atoms with Crippen LogP contribution in [0.1, 0.15) is 38.3 Å². The van der Waals surface area contributed by atoms with E-state index in [0.29, 0.717) is 36.7 Å². The predicted molar refractivity (Wildman–Crippen MR) is 157 cm³/mol. The number of carbonyl (C=O) groups is 1. The topological polar surface area (TPSA) is 83.8 Å². The van der Waals surface area contributed by atoms with Gasteiger partial charge in [-0.05, 0) is 60.9 Å². The average Bonchev–Trinajstić information content (AvgIpc) is 3.42. The number of rotatable bonds is 6. The lowest BCUT2D eigenvalue weighted by Gasteiger charge is -2.26. The van der Waals surface area contributed by atoms with Crippen molar-refractivity contribution in [3.05, 3.63) is 94.4 Å². The van der Waals surface area contributed by atoms with Crippen molar-refractivity contribution >= 4 is 17.2 Å². The highest BCUT2D eigenvalue weighted by atomic mass is 19.4. The molecule has 0 unspecified atom stereocenters. The lowest BCUT2D eigenvalue weighted by Crippen LogP contribution is -2.40. The molecule has 2 aromatic carbocycles. The molecule has 5 rings (SSSR count). The summed E-state index contributed by atoms with van der Waals surface area (Å²) in [4.78, 5) is 19.5. The van der Waals surface area contributed by atoms with Crippen LogP contribution >= 0.6 is 0 Å². The number of nitrogens with zero attached hydrogens (tertiary/aromatic N) is 4. The van der Waals surface area contributed by atoms with E-state index in [1.165, 1.54) is 12.1 Å². The van der Waals surface area contributed by atoms with E-state index >= 15 is 0 Å². The van der Waals surface area contributed by atoms with Crippen molar-refractivity contribution in [1.82, 2.24) is 24.8 Å². The Morgan fingerprint density at radius 3 is 2.70 bits per heavy atom. The third kappa shape index (κ3) is 7.79. The molecule has 0 aliphatic carbocycles. The summed E-state index contributed by atoms with van der Waals surface area (Å²) in [5, 5.41) is 9.94. The maximum atomic E-state index is 13.9. The number of amides is 1. The maximum Gasteiger partial charge on any atom is 0.417 e. The molecule has 2 N–H and O–H groups in total. The molecule has 1 amide bonds. The molecule has 0 saturated carbocycles. The molecular formula is C32H29F3N6O2. The van der Waals surface area contributed by atoms with Crippen LogP contribution in [0.5, 0.6) is 0 Å². The molecule has 1 aliphatic heterocycles. The summed E-state index contributed by atoms with van der Waals surface area (Å²) in [6.07, 6.45) is -1.41. The highest BCUT2D eigenvalue weighted by Gasteiger charge is 2.33. The Labute approximate surface area is 247 Å². The smallest absolute Gasteiger partial charge is 0.379 e. The van der Waals surface area contributed by atoms with Crippen molar-refractivity contribution in [2.45, 2.75) is 13.1 Å². The first kappa shape index (κ1) is 29.8. The molecule has 43 heavy (non-hydrogen) atoms. The van der Waals surface area contributed by atoms with Crippen molar-refractivity contribution in [1.29, 1.82) is 0 Å². The van der Waals surface area contributed by atoms with E-state index in [-0.39, 0.29) is 23.4 Å². The number of benzene rings is 2. The fourth-order valence-corrected chi connectivity index (χ4v) is 4.46. The summed E-state index contributed by atoms with van der Waals surface area (Å²) in [7, 11) is 0. The van der Waals surface area contributed by atoms with Gasteiger partial charge in [-0.15, -0.1) is 0 Å². The maximum absolute atomic E-state index is 13.9. The third-order valence-electron chi connectivity index (χ3n) is 6.83. The zero-order chi connectivity index (χ0) is 30.2. The number of aryl methyl sites for hydroxylation is 1. The predicted octanol–water partition coefficient (Wildman–Crippen LogP) is 3.98. The fraction of sp³-hybridized carbons (Fsp3) is 0.281. The number of morpholine rings is 1. The highest BCUT2D eigenvalue weighted by Crippen LogP contribution is 2.33. The minimum absolute atomic E-state index is 0.0107. The second kappa shape index (κ2) is 13.5. The van der Waals surface area contributed by atoms with Crippen LogP contribution in [-0.2, 0) is 10.9 Å². The molecule has 1 saturated heterocycles. The van der Waals surface area contributed by atoms with Gasteiger partial charge in [-0.25, -0.2) is 9.50 Å². The number of hydrogen-bond donors (Lipinski definition) is 2. The lowest BCUT2D eigenvalue weighted by molar-refractivity contribution is -0.137. The first-order valence-electron chi connectivity index (χ1n) is 13.7. The van der Waals surface area contributed by atoms with Gasteiger partial charge in [0.25, 0.3) is 5.91 Å². The molecule has 0 radical (unpaired) electrons. The molecule has 0 spiro atoms. The monoisotopic (exact) mass is 586 g/mol. The Morgan fingerprint density at radius 2 is 1.88 bits per heavy atom. The Kier molecular flexibility index (Phi) is 9.38. The molecule has 220 valence electrons. The number of ether oxygens (including phenoxy) is 1. The summed E-state index contributed by atoms with van der Waals surface area (Å²) < 4.78 is 48.6. The quantitative estimate of drug-likeness (QED) is 0.263. The van der Waals surface area contributed by atoms with Crippen LogP contribution in [0.15, 0.2) is 60.9 Å². The summed E-state index contributed by atoms with van der Waals surface area (Å²) in [5.74, 6) is 10.9. The van der Waals surface area contributed by atoms with E-state index in [1.807, 2.05) is 13.0 Å². The number of anilines is 1.